The summed E-state index contributed by atoms with van der Waals surface area (Å²) >= 11 is 0. The summed E-state index contributed by atoms with van der Waals surface area (Å²) in [4.78, 5) is 12.3. The van der Waals surface area contributed by atoms with Gasteiger partial charge in [-0.05, 0) is 24.5 Å². The molecule has 3 rings (SSSR count). The average Bonchev–Trinajstić information content (AvgIpc) is 2.63. The predicted molar refractivity (Wildman–Crippen MR) is 102 cm³/mol. The second kappa shape index (κ2) is 9.26. The van der Waals surface area contributed by atoms with Gasteiger partial charge in [-0.1, -0.05) is 80.6 Å². The van der Waals surface area contributed by atoms with Crippen LogP contribution in [0.2, 0.25) is 0 Å². The zero-order valence-corrected chi connectivity index (χ0v) is 14.7. The maximum Gasteiger partial charge on any atom is 0.258 e. The number of hydrogen-bond donors (Lipinski definition) is 1. The number of nitrogens with one attached hydrogen (secondary N) is 1. The van der Waals surface area contributed by atoms with Crippen LogP contribution >= 0.6 is 0 Å². The summed E-state index contributed by atoms with van der Waals surface area (Å²) in [6.45, 7) is 0.0698. The standard InChI is InChI=1S/C22H27NO2/c24-22(23-19-13-7-2-1-3-8-14-19)17-25-21-16-10-9-15-20(21)18-11-5-4-6-12-18/h4-6,9-12,15-16,19H,1-3,7-8,13-14,17H2,(H,23,24). The third kappa shape index (κ3) is 5.35. The minimum absolute atomic E-state index is 0.0200. The van der Waals surface area contributed by atoms with Gasteiger partial charge in [0, 0.05) is 11.6 Å². The lowest BCUT2D eigenvalue weighted by atomic mass is 9.97. The molecule has 1 saturated carbocycles. The third-order valence-corrected chi connectivity index (χ3v) is 4.80. The van der Waals surface area contributed by atoms with Crippen LogP contribution in [-0.2, 0) is 4.79 Å². The van der Waals surface area contributed by atoms with Crippen LogP contribution in [0.3, 0.4) is 0 Å². The molecule has 1 aliphatic carbocycles. The smallest absolute Gasteiger partial charge is 0.258 e. The molecule has 1 N–H and O–H groups in total. The molecule has 1 amide bonds. The Morgan fingerprint density at radius 3 is 2.28 bits per heavy atom. The maximum atomic E-state index is 12.3. The van der Waals surface area contributed by atoms with E-state index in [1.165, 1.54) is 32.1 Å². The molecule has 0 heterocycles. The fourth-order valence-corrected chi connectivity index (χ4v) is 3.46. The predicted octanol–water partition coefficient (Wildman–Crippen LogP) is 4.96. The van der Waals surface area contributed by atoms with E-state index in [1.807, 2.05) is 42.5 Å². The number of rotatable bonds is 5. The molecule has 0 radical (unpaired) electrons. The van der Waals surface area contributed by atoms with Gasteiger partial charge < -0.3 is 10.1 Å². The molecule has 0 bridgehead atoms. The van der Waals surface area contributed by atoms with E-state index in [4.69, 9.17) is 4.74 Å². The molecule has 0 aromatic heterocycles. The van der Waals surface area contributed by atoms with E-state index in [1.54, 1.807) is 0 Å². The highest BCUT2D eigenvalue weighted by Crippen LogP contribution is 2.29. The van der Waals surface area contributed by atoms with E-state index >= 15 is 0 Å². The lowest BCUT2D eigenvalue weighted by molar-refractivity contribution is -0.123. The second-order valence-electron chi connectivity index (χ2n) is 6.76. The molecule has 1 fully saturated rings. The van der Waals surface area contributed by atoms with E-state index in [-0.39, 0.29) is 12.5 Å². The van der Waals surface area contributed by atoms with E-state index in [0.717, 1.165) is 29.7 Å². The molecule has 1 aliphatic rings. The summed E-state index contributed by atoms with van der Waals surface area (Å²) in [7, 11) is 0. The number of amides is 1. The van der Waals surface area contributed by atoms with Crippen molar-refractivity contribution in [1.82, 2.24) is 5.32 Å². The van der Waals surface area contributed by atoms with Crippen LogP contribution in [0.25, 0.3) is 11.1 Å². The number of carbonyl (C=O) groups is 1. The SMILES string of the molecule is O=C(COc1ccccc1-c1ccccc1)NC1CCCCCCC1. The van der Waals surface area contributed by atoms with Crippen molar-refractivity contribution in [2.24, 2.45) is 0 Å². The number of carbonyl (C=O) groups excluding carboxylic acids is 1. The molecule has 3 nitrogen and oxygen atoms in total. The topological polar surface area (TPSA) is 38.3 Å². The van der Waals surface area contributed by atoms with Crippen molar-refractivity contribution in [3.05, 3.63) is 54.6 Å². The summed E-state index contributed by atoms with van der Waals surface area (Å²) in [5.74, 6) is 0.731. The van der Waals surface area contributed by atoms with Crippen LogP contribution in [0.1, 0.15) is 44.9 Å². The molecule has 2 aromatic rings. The highest BCUT2D eigenvalue weighted by atomic mass is 16.5. The van der Waals surface area contributed by atoms with Gasteiger partial charge in [-0.3, -0.25) is 4.79 Å². The fourth-order valence-electron chi connectivity index (χ4n) is 3.46. The molecular weight excluding hydrogens is 310 g/mol. The zero-order valence-electron chi connectivity index (χ0n) is 14.7. The summed E-state index contributed by atoms with van der Waals surface area (Å²) in [5, 5.41) is 3.15. The van der Waals surface area contributed by atoms with Crippen molar-refractivity contribution >= 4 is 5.91 Å². The first-order chi connectivity index (χ1) is 12.3. The van der Waals surface area contributed by atoms with Crippen LogP contribution in [0.5, 0.6) is 5.75 Å². The number of hydrogen-bond acceptors (Lipinski definition) is 2. The summed E-state index contributed by atoms with van der Waals surface area (Å²) in [5.41, 5.74) is 2.11. The largest absolute Gasteiger partial charge is 0.483 e. The Balaban J connectivity index is 1.57. The van der Waals surface area contributed by atoms with Crippen LogP contribution < -0.4 is 10.1 Å². The summed E-state index contributed by atoms with van der Waals surface area (Å²) in [6, 6.07) is 18.3. The van der Waals surface area contributed by atoms with Crippen molar-refractivity contribution in [3.63, 3.8) is 0 Å². The van der Waals surface area contributed by atoms with Crippen molar-refractivity contribution < 1.29 is 9.53 Å². The van der Waals surface area contributed by atoms with Gasteiger partial charge in [0.15, 0.2) is 6.61 Å². The molecule has 0 aliphatic heterocycles. The molecular formula is C22H27NO2. The van der Waals surface area contributed by atoms with Crippen molar-refractivity contribution in [1.29, 1.82) is 0 Å². The Kier molecular flexibility index (Phi) is 6.49. The summed E-state index contributed by atoms with van der Waals surface area (Å²) in [6.07, 6.45) is 8.50. The average molecular weight is 337 g/mol. The molecule has 0 unspecified atom stereocenters. The number of benzene rings is 2. The first kappa shape index (κ1) is 17.5. The Bertz CT molecular complexity index is 661. The molecule has 0 spiro atoms. The molecule has 0 atom stereocenters. The van der Waals surface area contributed by atoms with Gasteiger partial charge in [-0.15, -0.1) is 0 Å². The van der Waals surface area contributed by atoms with Gasteiger partial charge >= 0.3 is 0 Å². The van der Waals surface area contributed by atoms with E-state index in [2.05, 4.69) is 17.4 Å². The van der Waals surface area contributed by atoms with E-state index < -0.39 is 0 Å². The van der Waals surface area contributed by atoms with Gasteiger partial charge in [0.25, 0.3) is 5.91 Å². The Morgan fingerprint density at radius 2 is 1.52 bits per heavy atom. The minimum atomic E-state index is -0.0200. The summed E-state index contributed by atoms with van der Waals surface area (Å²) < 4.78 is 5.84. The van der Waals surface area contributed by atoms with Gasteiger partial charge in [0.1, 0.15) is 5.75 Å². The van der Waals surface area contributed by atoms with Crippen LogP contribution in [0.15, 0.2) is 54.6 Å². The number of ether oxygens (including phenoxy) is 1. The second-order valence-corrected chi connectivity index (χ2v) is 6.76. The Labute approximate surface area is 150 Å². The monoisotopic (exact) mass is 337 g/mol. The fraction of sp³-hybridized carbons (Fsp3) is 0.409. The minimum Gasteiger partial charge on any atom is -0.483 e. The number of para-hydroxylation sites is 1. The van der Waals surface area contributed by atoms with Crippen LogP contribution in [-0.4, -0.2) is 18.6 Å². The van der Waals surface area contributed by atoms with Gasteiger partial charge in [-0.2, -0.15) is 0 Å². The molecule has 132 valence electrons. The van der Waals surface area contributed by atoms with Crippen molar-refractivity contribution in [3.8, 4) is 16.9 Å². The van der Waals surface area contributed by atoms with E-state index in [9.17, 15) is 4.79 Å². The first-order valence-electron chi connectivity index (χ1n) is 9.39. The molecule has 0 saturated heterocycles. The first-order valence-corrected chi connectivity index (χ1v) is 9.39. The quantitative estimate of drug-likeness (QED) is 0.837. The third-order valence-electron chi connectivity index (χ3n) is 4.80. The maximum absolute atomic E-state index is 12.3. The van der Waals surface area contributed by atoms with Gasteiger partial charge in [-0.25, -0.2) is 0 Å². The lowest BCUT2D eigenvalue weighted by Crippen LogP contribution is -2.38. The highest BCUT2D eigenvalue weighted by Gasteiger charge is 2.15. The van der Waals surface area contributed by atoms with Crippen LogP contribution in [0.4, 0.5) is 0 Å². The highest BCUT2D eigenvalue weighted by molar-refractivity contribution is 5.78. The van der Waals surface area contributed by atoms with Gasteiger partial charge in [0.2, 0.25) is 0 Å². The van der Waals surface area contributed by atoms with E-state index in [0.29, 0.717) is 6.04 Å². The zero-order chi connectivity index (χ0) is 17.3. The normalized spacial score (nSPS) is 15.8. The molecule has 25 heavy (non-hydrogen) atoms. The molecule has 3 heteroatoms. The lowest BCUT2D eigenvalue weighted by Gasteiger charge is -2.21. The van der Waals surface area contributed by atoms with Crippen molar-refractivity contribution in [2.75, 3.05) is 6.61 Å². The van der Waals surface area contributed by atoms with Crippen molar-refractivity contribution in [2.45, 2.75) is 51.0 Å². The Morgan fingerprint density at radius 1 is 0.880 bits per heavy atom. The molecule has 2 aromatic carbocycles. The van der Waals surface area contributed by atoms with Crippen LogP contribution in [0, 0.1) is 0 Å². The Hall–Kier alpha value is -2.29. The van der Waals surface area contributed by atoms with Gasteiger partial charge in [0.05, 0.1) is 0 Å².